The number of hydrogen-bond acceptors (Lipinski definition) is 2. The SMILES string of the molecule is COc1cccc([C@@H](C)N(C)C)c1. The summed E-state index contributed by atoms with van der Waals surface area (Å²) in [5, 5.41) is 0. The predicted octanol–water partition coefficient (Wildman–Crippen LogP) is 2.32. The summed E-state index contributed by atoms with van der Waals surface area (Å²) in [6.07, 6.45) is 0. The second kappa shape index (κ2) is 4.28. The number of benzene rings is 1. The Bertz CT molecular complexity index is 271. The van der Waals surface area contributed by atoms with Gasteiger partial charge in [-0.1, -0.05) is 12.1 Å². The van der Waals surface area contributed by atoms with Crippen LogP contribution in [-0.4, -0.2) is 26.1 Å². The zero-order valence-corrected chi connectivity index (χ0v) is 8.74. The third kappa shape index (κ3) is 2.46. The summed E-state index contributed by atoms with van der Waals surface area (Å²) >= 11 is 0. The second-order valence-corrected chi connectivity index (χ2v) is 3.42. The maximum Gasteiger partial charge on any atom is 0.119 e. The highest BCUT2D eigenvalue weighted by Crippen LogP contribution is 2.21. The number of nitrogens with zero attached hydrogens (tertiary/aromatic N) is 1. The van der Waals surface area contributed by atoms with E-state index in [0.717, 1.165) is 5.75 Å². The van der Waals surface area contributed by atoms with Crippen molar-refractivity contribution in [3.63, 3.8) is 0 Å². The monoisotopic (exact) mass is 179 g/mol. The quantitative estimate of drug-likeness (QED) is 0.706. The molecule has 1 atom stereocenters. The molecule has 0 fully saturated rings. The third-order valence-corrected chi connectivity index (χ3v) is 2.35. The van der Waals surface area contributed by atoms with Gasteiger partial charge in [0.2, 0.25) is 0 Å². The molecule has 0 aliphatic heterocycles. The Morgan fingerprint density at radius 3 is 2.54 bits per heavy atom. The Kier molecular flexibility index (Phi) is 3.32. The highest BCUT2D eigenvalue weighted by molar-refractivity contribution is 5.30. The minimum atomic E-state index is 0.426. The van der Waals surface area contributed by atoms with E-state index >= 15 is 0 Å². The van der Waals surface area contributed by atoms with Crippen molar-refractivity contribution in [1.29, 1.82) is 0 Å². The molecule has 72 valence electrons. The van der Waals surface area contributed by atoms with Crippen molar-refractivity contribution in [3.05, 3.63) is 29.8 Å². The van der Waals surface area contributed by atoms with Crippen LogP contribution in [-0.2, 0) is 0 Å². The summed E-state index contributed by atoms with van der Waals surface area (Å²) < 4.78 is 5.17. The van der Waals surface area contributed by atoms with Gasteiger partial charge in [0.05, 0.1) is 7.11 Å². The van der Waals surface area contributed by atoms with E-state index in [0.29, 0.717) is 6.04 Å². The van der Waals surface area contributed by atoms with Crippen LogP contribution in [0.15, 0.2) is 24.3 Å². The van der Waals surface area contributed by atoms with Crippen molar-refractivity contribution in [3.8, 4) is 5.75 Å². The van der Waals surface area contributed by atoms with E-state index in [1.54, 1.807) is 7.11 Å². The number of rotatable bonds is 3. The van der Waals surface area contributed by atoms with Crippen molar-refractivity contribution < 1.29 is 4.74 Å². The van der Waals surface area contributed by atoms with Crippen molar-refractivity contribution in [2.45, 2.75) is 13.0 Å². The normalized spacial score (nSPS) is 13.0. The van der Waals surface area contributed by atoms with Crippen LogP contribution in [0.5, 0.6) is 5.75 Å². The lowest BCUT2D eigenvalue weighted by Crippen LogP contribution is -2.16. The van der Waals surface area contributed by atoms with Gasteiger partial charge in [0.1, 0.15) is 5.75 Å². The largest absolute Gasteiger partial charge is 0.497 e. The van der Waals surface area contributed by atoms with Crippen LogP contribution >= 0.6 is 0 Å². The van der Waals surface area contributed by atoms with Gasteiger partial charge in [0, 0.05) is 6.04 Å². The first-order valence-electron chi connectivity index (χ1n) is 4.45. The smallest absolute Gasteiger partial charge is 0.119 e. The van der Waals surface area contributed by atoms with Crippen molar-refractivity contribution in [2.24, 2.45) is 0 Å². The van der Waals surface area contributed by atoms with Crippen molar-refractivity contribution >= 4 is 0 Å². The molecule has 0 N–H and O–H groups in total. The molecule has 0 aliphatic rings. The number of hydrogen-bond donors (Lipinski definition) is 0. The summed E-state index contributed by atoms with van der Waals surface area (Å²) in [4.78, 5) is 2.18. The van der Waals surface area contributed by atoms with Crippen LogP contribution in [0.3, 0.4) is 0 Å². The summed E-state index contributed by atoms with van der Waals surface area (Å²) in [5.74, 6) is 0.922. The van der Waals surface area contributed by atoms with Crippen LogP contribution in [0.25, 0.3) is 0 Å². The first-order chi connectivity index (χ1) is 6.15. The topological polar surface area (TPSA) is 12.5 Å². The summed E-state index contributed by atoms with van der Waals surface area (Å²) in [5.41, 5.74) is 1.28. The van der Waals surface area contributed by atoms with Crippen LogP contribution in [0.1, 0.15) is 18.5 Å². The van der Waals surface area contributed by atoms with Crippen molar-refractivity contribution in [2.75, 3.05) is 21.2 Å². The molecule has 0 aromatic heterocycles. The molecule has 1 aromatic rings. The molecule has 1 aromatic carbocycles. The standard InChI is InChI=1S/C11H17NO/c1-9(12(2)3)10-6-5-7-11(8-10)13-4/h5-9H,1-4H3/t9-/m1/s1. The molecule has 0 saturated heterocycles. The average molecular weight is 179 g/mol. The van der Waals surface area contributed by atoms with Gasteiger partial charge in [0.25, 0.3) is 0 Å². The molecule has 2 heteroatoms. The van der Waals surface area contributed by atoms with E-state index in [9.17, 15) is 0 Å². The van der Waals surface area contributed by atoms with Gasteiger partial charge < -0.3 is 9.64 Å². The predicted molar refractivity (Wildman–Crippen MR) is 55.1 cm³/mol. The van der Waals surface area contributed by atoms with Gasteiger partial charge in [-0.3, -0.25) is 0 Å². The maximum atomic E-state index is 5.17. The maximum absolute atomic E-state index is 5.17. The van der Waals surface area contributed by atoms with E-state index in [2.05, 4.69) is 38.1 Å². The average Bonchev–Trinajstić information content (AvgIpc) is 2.16. The molecule has 13 heavy (non-hydrogen) atoms. The van der Waals surface area contributed by atoms with Gasteiger partial charge >= 0.3 is 0 Å². The Morgan fingerprint density at radius 1 is 1.31 bits per heavy atom. The Hall–Kier alpha value is -1.02. The third-order valence-electron chi connectivity index (χ3n) is 2.35. The molecule has 2 nitrogen and oxygen atoms in total. The summed E-state index contributed by atoms with van der Waals surface area (Å²) in [6.45, 7) is 2.18. The molecule has 0 amide bonds. The Morgan fingerprint density at radius 2 is 2.00 bits per heavy atom. The molecule has 1 rings (SSSR count). The zero-order chi connectivity index (χ0) is 9.84. The van der Waals surface area contributed by atoms with Gasteiger partial charge in [-0.2, -0.15) is 0 Å². The fourth-order valence-electron chi connectivity index (χ4n) is 1.20. The molecular formula is C11H17NO. The fourth-order valence-corrected chi connectivity index (χ4v) is 1.20. The number of ether oxygens (including phenoxy) is 1. The molecule has 0 heterocycles. The molecule has 0 bridgehead atoms. The summed E-state index contributed by atoms with van der Waals surface area (Å²) in [6, 6.07) is 8.60. The first-order valence-corrected chi connectivity index (χ1v) is 4.45. The zero-order valence-electron chi connectivity index (χ0n) is 8.74. The van der Waals surface area contributed by atoms with Gasteiger partial charge in [0.15, 0.2) is 0 Å². The molecule has 0 spiro atoms. The first kappa shape index (κ1) is 10.1. The van der Waals surface area contributed by atoms with E-state index in [1.807, 2.05) is 12.1 Å². The van der Waals surface area contributed by atoms with Gasteiger partial charge in [-0.25, -0.2) is 0 Å². The van der Waals surface area contributed by atoms with Crippen LogP contribution in [0.4, 0.5) is 0 Å². The molecule has 0 aliphatic carbocycles. The van der Waals surface area contributed by atoms with Crippen molar-refractivity contribution in [1.82, 2.24) is 4.90 Å². The fraction of sp³-hybridized carbons (Fsp3) is 0.455. The second-order valence-electron chi connectivity index (χ2n) is 3.42. The van der Waals surface area contributed by atoms with Crippen LogP contribution in [0, 0.1) is 0 Å². The highest BCUT2D eigenvalue weighted by atomic mass is 16.5. The number of methoxy groups -OCH3 is 1. The Labute approximate surface area is 80.1 Å². The van der Waals surface area contributed by atoms with Gasteiger partial charge in [-0.05, 0) is 38.7 Å². The van der Waals surface area contributed by atoms with E-state index in [4.69, 9.17) is 4.74 Å². The molecule has 0 saturated carbocycles. The van der Waals surface area contributed by atoms with E-state index in [-0.39, 0.29) is 0 Å². The lowest BCUT2D eigenvalue weighted by molar-refractivity contribution is 0.319. The van der Waals surface area contributed by atoms with E-state index in [1.165, 1.54) is 5.56 Å². The van der Waals surface area contributed by atoms with Gasteiger partial charge in [-0.15, -0.1) is 0 Å². The lowest BCUT2D eigenvalue weighted by Gasteiger charge is -2.20. The molecule has 0 unspecified atom stereocenters. The Balaban J connectivity index is 2.88. The molecular weight excluding hydrogens is 162 g/mol. The van der Waals surface area contributed by atoms with Crippen LogP contribution < -0.4 is 4.74 Å². The highest BCUT2D eigenvalue weighted by Gasteiger charge is 2.07. The molecule has 0 radical (unpaired) electrons. The van der Waals surface area contributed by atoms with Crippen LogP contribution in [0.2, 0.25) is 0 Å². The summed E-state index contributed by atoms with van der Waals surface area (Å²) in [7, 11) is 5.84. The minimum Gasteiger partial charge on any atom is -0.497 e. The van der Waals surface area contributed by atoms with E-state index < -0.39 is 0 Å². The minimum absolute atomic E-state index is 0.426. The lowest BCUT2D eigenvalue weighted by atomic mass is 10.1.